The standard InChI is InChI=1S/C47H31N5/c1-4-12-32(13-5-1)38-26-27-48-44(31-38)35-22-20-33(21-23-35)39-28-40(43-25-24-34-14-10-11-19-42(34)49-43)30-41(29-39)47-51-45(36-15-6-2-7-16-36)50-46(52-47)37-17-8-3-9-18-37/h1-31H. The van der Waals surface area contributed by atoms with E-state index in [2.05, 4.69) is 97.1 Å². The molecule has 0 unspecified atom stereocenters. The normalized spacial score (nSPS) is 11.1. The zero-order valence-corrected chi connectivity index (χ0v) is 28.1. The number of aromatic nitrogens is 5. The summed E-state index contributed by atoms with van der Waals surface area (Å²) in [6.07, 6.45) is 1.88. The quantitative estimate of drug-likeness (QED) is 0.169. The summed E-state index contributed by atoms with van der Waals surface area (Å²) < 4.78 is 0. The zero-order chi connectivity index (χ0) is 34.7. The Morgan fingerprint density at radius 2 is 0.788 bits per heavy atom. The molecular formula is C47H31N5. The molecule has 0 aliphatic heterocycles. The second kappa shape index (κ2) is 13.7. The van der Waals surface area contributed by atoms with Crippen LogP contribution < -0.4 is 0 Å². The van der Waals surface area contributed by atoms with Crippen molar-refractivity contribution in [1.29, 1.82) is 0 Å². The number of para-hydroxylation sites is 1. The molecule has 52 heavy (non-hydrogen) atoms. The zero-order valence-electron chi connectivity index (χ0n) is 28.1. The molecule has 9 aromatic rings. The van der Waals surface area contributed by atoms with Crippen molar-refractivity contribution in [1.82, 2.24) is 24.9 Å². The third-order valence-corrected chi connectivity index (χ3v) is 9.17. The van der Waals surface area contributed by atoms with E-state index in [1.807, 2.05) is 91.1 Å². The van der Waals surface area contributed by atoms with E-state index in [1.54, 1.807) is 0 Å². The van der Waals surface area contributed by atoms with Crippen molar-refractivity contribution in [3.8, 4) is 78.9 Å². The molecule has 0 spiro atoms. The van der Waals surface area contributed by atoms with Crippen molar-refractivity contribution in [3.05, 3.63) is 188 Å². The van der Waals surface area contributed by atoms with Crippen molar-refractivity contribution in [2.24, 2.45) is 0 Å². The van der Waals surface area contributed by atoms with Gasteiger partial charge in [0.25, 0.3) is 0 Å². The number of pyridine rings is 2. The van der Waals surface area contributed by atoms with Crippen molar-refractivity contribution >= 4 is 10.9 Å². The van der Waals surface area contributed by atoms with Crippen LogP contribution in [0.3, 0.4) is 0 Å². The van der Waals surface area contributed by atoms with Crippen LogP contribution in [0.1, 0.15) is 0 Å². The van der Waals surface area contributed by atoms with Crippen LogP contribution in [0, 0.1) is 0 Å². The minimum Gasteiger partial charge on any atom is -0.256 e. The number of benzene rings is 6. The molecule has 0 fully saturated rings. The lowest BCUT2D eigenvalue weighted by Crippen LogP contribution is -2.00. The lowest BCUT2D eigenvalue weighted by Gasteiger charge is -2.13. The van der Waals surface area contributed by atoms with Crippen LogP contribution >= 0.6 is 0 Å². The van der Waals surface area contributed by atoms with Crippen LogP contribution in [0.15, 0.2) is 188 Å². The summed E-state index contributed by atoms with van der Waals surface area (Å²) in [5.41, 5.74) is 11.9. The highest BCUT2D eigenvalue weighted by molar-refractivity contribution is 5.85. The molecule has 0 saturated heterocycles. The maximum Gasteiger partial charge on any atom is 0.164 e. The van der Waals surface area contributed by atoms with E-state index in [0.717, 1.165) is 66.8 Å². The molecule has 0 N–H and O–H groups in total. The third-order valence-electron chi connectivity index (χ3n) is 9.17. The first-order valence-corrected chi connectivity index (χ1v) is 17.2. The molecule has 0 amide bonds. The summed E-state index contributed by atoms with van der Waals surface area (Å²) in [4.78, 5) is 24.8. The number of rotatable bonds is 7. The maximum absolute atomic E-state index is 5.07. The highest BCUT2D eigenvalue weighted by atomic mass is 15.0. The van der Waals surface area contributed by atoms with E-state index in [0.29, 0.717) is 17.5 Å². The fourth-order valence-electron chi connectivity index (χ4n) is 6.47. The summed E-state index contributed by atoms with van der Waals surface area (Å²) in [7, 11) is 0. The van der Waals surface area contributed by atoms with Gasteiger partial charge in [-0.2, -0.15) is 0 Å². The van der Waals surface area contributed by atoms with Gasteiger partial charge in [0.1, 0.15) is 0 Å². The van der Waals surface area contributed by atoms with E-state index in [-0.39, 0.29) is 0 Å². The Bertz CT molecular complexity index is 2600. The average Bonchev–Trinajstić information content (AvgIpc) is 3.24. The van der Waals surface area contributed by atoms with E-state index >= 15 is 0 Å². The molecule has 3 aromatic heterocycles. The molecule has 0 aliphatic rings. The van der Waals surface area contributed by atoms with Crippen LogP contribution in [0.5, 0.6) is 0 Å². The van der Waals surface area contributed by atoms with Gasteiger partial charge in [-0.15, -0.1) is 0 Å². The first kappa shape index (κ1) is 30.9. The molecule has 6 aromatic carbocycles. The van der Waals surface area contributed by atoms with Crippen LogP contribution in [0.2, 0.25) is 0 Å². The van der Waals surface area contributed by atoms with Gasteiger partial charge in [-0.25, -0.2) is 19.9 Å². The Morgan fingerprint density at radius 1 is 0.269 bits per heavy atom. The molecule has 0 bridgehead atoms. The minimum absolute atomic E-state index is 0.593. The Kier molecular flexibility index (Phi) is 8.12. The molecule has 5 heteroatoms. The van der Waals surface area contributed by atoms with E-state index < -0.39 is 0 Å². The maximum atomic E-state index is 5.07. The molecular weight excluding hydrogens is 635 g/mol. The number of hydrogen-bond acceptors (Lipinski definition) is 5. The SMILES string of the molecule is c1ccc(-c2ccnc(-c3ccc(-c4cc(-c5ccc6ccccc6n5)cc(-c5nc(-c6ccccc6)nc(-c6ccccc6)n5)c4)cc3)c2)cc1. The first-order valence-electron chi connectivity index (χ1n) is 17.2. The molecule has 0 aliphatic carbocycles. The number of nitrogens with zero attached hydrogens (tertiary/aromatic N) is 5. The molecule has 244 valence electrons. The van der Waals surface area contributed by atoms with Gasteiger partial charge >= 0.3 is 0 Å². The summed E-state index contributed by atoms with van der Waals surface area (Å²) in [5.74, 6) is 1.83. The van der Waals surface area contributed by atoms with Crippen LogP contribution in [-0.2, 0) is 0 Å². The van der Waals surface area contributed by atoms with Crippen molar-refractivity contribution in [3.63, 3.8) is 0 Å². The smallest absolute Gasteiger partial charge is 0.164 e. The number of hydrogen-bond donors (Lipinski definition) is 0. The lowest BCUT2D eigenvalue weighted by molar-refractivity contribution is 1.07. The fourth-order valence-corrected chi connectivity index (χ4v) is 6.47. The van der Waals surface area contributed by atoms with Gasteiger partial charge in [0.2, 0.25) is 0 Å². The summed E-state index contributed by atoms with van der Waals surface area (Å²) in [6.45, 7) is 0. The van der Waals surface area contributed by atoms with E-state index in [1.165, 1.54) is 5.56 Å². The summed E-state index contributed by atoms with van der Waals surface area (Å²) in [5, 5.41) is 1.10. The summed E-state index contributed by atoms with van der Waals surface area (Å²) >= 11 is 0. The van der Waals surface area contributed by atoms with Gasteiger partial charge in [-0.05, 0) is 64.7 Å². The second-order valence-electron chi connectivity index (χ2n) is 12.6. The van der Waals surface area contributed by atoms with Crippen molar-refractivity contribution in [2.45, 2.75) is 0 Å². The predicted octanol–water partition coefficient (Wildman–Crippen LogP) is 11.5. The van der Waals surface area contributed by atoms with Gasteiger partial charge in [-0.1, -0.05) is 140 Å². The highest BCUT2D eigenvalue weighted by Crippen LogP contribution is 2.34. The summed E-state index contributed by atoms with van der Waals surface area (Å²) in [6, 6.07) is 62.2. The van der Waals surface area contributed by atoms with Gasteiger partial charge in [0.05, 0.1) is 16.9 Å². The largest absolute Gasteiger partial charge is 0.256 e. The Morgan fingerprint density at radius 3 is 1.46 bits per heavy atom. The minimum atomic E-state index is 0.593. The predicted molar refractivity (Wildman–Crippen MR) is 211 cm³/mol. The lowest BCUT2D eigenvalue weighted by atomic mass is 9.96. The van der Waals surface area contributed by atoms with Crippen molar-refractivity contribution < 1.29 is 0 Å². The number of fused-ring (bicyclic) bond motifs is 1. The average molecular weight is 666 g/mol. The van der Waals surface area contributed by atoms with Gasteiger partial charge in [-0.3, -0.25) is 4.98 Å². The fraction of sp³-hybridized carbons (Fsp3) is 0. The van der Waals surface area contributed by atoms with E-state index in [9.17, 15) is 0 Å². The van der Waals surface area contributed by atoms with Crippen LogP contribution in [-0.4, -0.2) is 24.9 Å². The van der Waals surface area contributed by atoms with Crippen molar-refractivity contribution in [2.75, 3.05) is 0 Å². The van der Waals surface area contributed by atoms with Crippen LogP contribution in [0.4, 0.5) is 0 Å². The molecule has 9 rings (SSSR count). The van der Waals surface area contributed by atoms with Gasteiger partial charge < -0.3 is 0 Å². The second-order valence-corrected chi connectivity index (χ2v) is 12.6. The Labute approximate surface area is 302 Å². The molecule has 0 radical (unpaired) electrons. The van der Waals surface area contributed by atoms with Gasteiger partial charge in [0, 0.05) is 39.4 Å². The van der Waals surface area contributed by atoms with E-state index in [4.69, 9.17) is 24.9 Å². The topological polar surface area (TPSA) is 64.5 Å². The Balaban J connectivity index is 1.18. The first-order chi connectivity index (χ1) is 25.7. The van der Waals surface area contributed by atoms with Gasteiger partial charge in [0.15, 0.2) is 17.5 Å². The molecule has 3 heterocycles. The Hall–Kier alpha value is -7.11. The highest BCUT2D eigenvalue weighted by Gasteiger charge is 2.16. The molecule has 5 nitrogen and oxygen atoms in total. The monoisotopic (exact) mass is 665 g/mol. The third kappa shape index (κ3) is 6.35. The molecule has 0 atom stereocenters. The molecule has 0 saturated carbocycles. The van der Waals surface area contributed by atoms with Crippen LogP contribution in [0.25, 0.3) is 89.8 Å².